The van der Waals surface area contributed by atoms with Crippen LogP contribution in [0.2, 0.25) is 0 Å². The fraction of sp³-hybridized carbons (Fsp3) is 0.231. The third-order valence-corrected chi connectivity index (χ3v) is 2.88. The Labute approximate surface area is 109 Å². The van der Waals surface area contributed by atoms with Crippen molar-refractivity contribution < 1.29 is 9.26 Å². The van der Waals surface area contributed by atoms with Gasteiger partial charge in [0.2, 0.25) is 5.95 Å². The Bertz CT molecular complexity index is 688. The summed E-state index contributed by atoms with van der Waals surface area (Å²) in [6.45, 7) is 3.03. The van der Waals surface area contributed by atoms with Crippen LogP contribution in [0.15, 0.2) is 35.0 Å². The Balaban J connectivity index is 2.09. The van der Waals surface area contributed by atoms with Gasteiger partial charge in [-0.15, -0.1) is 0 Å². The van der Waals surface area contributed by atoms with Crippen LogP contribution >= 0.6 is 0 Å². The number of rotatable bonds is 4. The van der Waals surface area contributed by atoms with Crippen molar-refractivity contribution in [1.29, 1.82) is 0 Å². The lowest BCUT2D eigenvalue weighted by molar-refractivity contribution is 0.343. The highest BCUT2D eigenvalue weighted by molar-refractivity contribution is 5.84. The quantitative estimate of drug-likeness (QED) is 0.774. The van der Waals surface area contributed by atoms with Crippen LogP contribution in [-0.4, -0.2) is 21.3 Å². The fourth-order valence-electron chi connectivity index (χ4n) is 2.06. The molecule has 6 heteroatoms. The first kappa shape index (κ1) is 11.6. The number of anilines is 1. The van der Waals surface area contributed by atoms with Gasteiger partial charge >= 0.3 is 0 Å². The Morgan fingerprint density at radius 1 is 1.37 bits per heavy atom. The number of imidazole rings is 1. The number of fused-ring (bicyclic) bond motifs is 1. The van der Waals surface area contributed by atoms with Gasteiger partial charge in [-0.25, -0.2) is 4.98 Å². The molecule has 0 bridgehead atoms. The summed E-state index contributed by atoms with van der Waals surface area (Å²) in [5.41, 5.74) is 7.65. The van der Waals surface area contributed by atoms with Crippen LogP contribution in [0.3, 0.4) is 0 Å². The van der Waals surface area contributed by atoms with E-state index in [0.717, 1.165) is 22.5 Å². The third-order valence-electron chi connectivity index (χ3n) is 2.88. The molecule has 6 nitrogen and oxygen atoms in total. The molecule has 0 unspecified atom stereocenters. The predicted molar refractivity (Wildman–Crippen MR) is 70.9 cm³/mol. The molecule has 0 aliphatic carbocycles. The van der Waals surface area contributed by atoms with Gasteiger partial charge in [0.25, 0.3) is 0 Å². The number of nitrogens with two attached hydrogens (primary N) is 1. The number of nitrogen functional groups attached to an aromatic ring is 1. The van der Waals surface area contributed by atoms with E-state index in [1.54, 1.807) is 12.3 Å². The SMILES string of the molecule is CCOc1cccc2c1nc(N)n2Cc1ccno1. The third kappa shape index (κ3) is 2.01. The number of benzene rings is 1. The van der Waals surface area contributed by atoms with E-state index in [1.807, 2.05) is 29.7 Å². The second-order valence-electron chi connectivity index (χ2n) is 4.09. The van der Waals surface area contributed by atoms with Gasteiger partial charge in [0, 0.05) is 6.07 Å². The summed E-state index contributed by atoms with van der Waals surface area (Å²) in [5, 5.41) is 3.69. The molecule has 98 valence electrons. The molecule has 3 rings (SSSR count). The first-order valence-corrected chi connectivity index (χ1v) is 6.06. The zero-order chi connectivity index (χ0) is 13.2. The number of aromatic nitrogens is 3. The minimum Gasteiger partial charge on any atom is -0.492 e. The van der Waals surface area contributed by atoms with Crippen LogP contribution in [0, 0.1) is 0 Å². The second kappa shape index (κ2) is 4.64. The minimum atomic E-state index is 0.429. The van der Waals surface area contributed by atoms with E-state index in [-0.39, 0.29) is 0 Å². The first-order chi connectivity index (χ1) is 9.29. The molecule has 2 N–H and O–H groups in total. The highest BCUT2D eigenvalue weighted by Gasteiger charge is 2.13. The molecule has 0 saturated carbocycles. The van der Waals surface area contributed by atoms with Gasteiger partial charge < -0.3 is 19.6 Å². The van der Waals surface area contributed by atoms with Gasteiger partial charge in [-0.05, 0) is 19.1 Å². The summed E-state index contributed by atoms with van der Waals surface area (Å²) >= 11 is 0. The number of para-hydroxylation sites is 1. The van der Waals surface area contributed by atoms with E-state index >= 15 is 0 Å². The molecule has 0 aliphatic heterocycles. The highest BCUT2D eigenvalue weighted by atomic mass is 16.5. The van der Waals surface area contributed by atoms with Crippen molar-refractivity contribution in [3.8, 4) is 5.75 Å². The van der Waals surface area contributed by atoms with Crippen LogP contribution in [0.5, 0.6) is 5.75 Å². The van der Waals surface area contributed by atoms with Gasteiger partial charge in [0.1, 0.15) is 11.3 Å². The molecule has 19 heavy (non-hydrogen) atoms. The average molecular weight is 258 g/mol. The Kier molecular flexibility index (Phi) is 2.83. The summed E-state index contributed by atoms with van der Waals surface area (Å²) in [6, 6.07) is 7.57. The van der Waals surface area contributed by atoms with Crippen molar-refractivity contribution in [3.05, 3.63) is 36.2 Å². The monoisotopic (exact) mass is 258 g/mol. The standard InChI is InChI=1S/C13H14N4O2/c1-2-18-11-5-3-4-10-12(11)16-13(14)17(10)8-9-6-7-15-19-9/h3-7H,2,8H2,1H3,(H2,14,16). The smallest absolute Gasteiger partial charge is 0.201 e. The van der Waals surface area contributed by atoms with Crippen LogP contribution < -0.4 is 10.5 Å². The number of hydrogen-bond acceptors (Lipinski definition) is 5. The van der Waals surface area contributed by atoms with Crippen molar-refractivity contribution >= 4 is 17.0 Å². The lowest BCUT2D eigenvalue weighted by Crippen LogP contribution is -2.03. The normalized spacial score (nSPS) is 11.0. The summed E-state index contributed by atoms with van der Waals surface area (Å²) in [6.07, 6.45) is 1.61. The maximum Gasteiger partial charge on any atom is 0.201 e. The maximum absolute atomic E-state index is 5.97. The lowest BCUT2D eigenvalue weighted by atomic mass is 10.3. The molecule has 0 saturated heterocycles. The van der Waals surface area contributed by atoms with Crippen LogP contribution in [0.25, 0.3) is 11.0 Å². The van der Waals surface area contributed by atoms with E-state index in [4.69, 9.17) is 15.0 Å². The van der Waals surface area contributed by atoms with Crippen molar-refractivity contribution in [1.82, 2.24) is 14.7 Å². The molecule has 0 spiro atoms. The highest BCUT2D eigenvalue weighted by Crippen LogP contribution is 2.27. The van der Waals surface area contributed by atoms with Crippen LogP contribution in [-0.2, 0) is 6.54 Å². The predicted octanol–water partition coefficient (Wildman–Crippen LogP) is 2.05. The first-order valence-electron chi connectivity index (χ1n) is 6.06. The Morgan fingerprint density at radius 2 is 2.26 bits per heavy atom. The van der Waals surface area contributed by atoms with E-state index in [0.29, 0.717) is 19.1 Å². The average Bonchev–Trinajstić information content (AvgIpc) is 3.01. The van der Waals surface area contributed by atoms with E-state index in [2.05, 4.69) is 10.1 Å². The molecule has 2 aromatic heterocycles. The lowest BCUT2D eigenvalue weighted by Gasteiger charge is -2.05. The molecular weight excluding hydrogens is 244 g/mol. The zero-order valence-electron chi connectivity index (χ0n) is 10.5. The Hall–Kier alpha value is -2.50. The summed E-state index contributed by atoms with van der Waals surface area (Å²) in [4.78, 5) is 4.37. The van der Waals surface area contributed by atoms with Gasteiger partial charge in [0.15, 0.2) is 5.76 Å². The molecule has 0 radical (unpaired) electrons. The van der Waals surface area contributed by atoms with Crippen LogP contribution in [0.4, 0.5) is 5.95 Å². The molecule has 0 fully saturated rings. The number of ether oxygens (including phenoxy) is 1. The summed E-state index contributed by atoms with van der Waals surface area (Å²) < 4.78 is 12.5. The fourth-order valence-corrected chi connectivity index (χ4v) is 2.06. The molecular formula is C13H14N4O2. The summed E-state index contributed by atoms with van der Waals surface area (Å²) in [5.74, 6) is 1.90. The number of hydrogen-bond donors (Lipinski definition) is 1. The second-order valence-corrected chi connectivity index (χ2v) is 4.09. The van der Waals surface area contributed by atoms with Crippen molar-refractivity contribution in [2.45, 2.75) is 13.5 Å². The minimum absolute atomic E-state index is 0.429. The molecule has 2 heterocycles. The van der Waals surface area contributed by atoms with Crippen LogP contribution in [0.1, 0.15) is 12.7 Å². The molecule has 0 amide bonds. The summed E-state index contributed by atoms with van der Waals surface area (Å²) in [7, 11) is 0. The number of nitrogens with zero attached hydrogens (tertiary/aromatic N) is 3. The van der Waals surface area contributed by atoms with Crippen molar-refractivity contribution in [2.75, 3.05) is 12.3 Å². The van der Waals surface area contributed by atoms with Crippen molar-refractivity contribution in [3.63, 3.8) is 0 Å². The molecule has 1 aromatic carbocycles. The maximum atomic E-state index is 5.97. The van der Waals surface area contributed by atoms with E-state index in [9.17, 15) is 0 Å². The van der Waals surface area contributed by atoms with Crippen molar-refractivity contribution in [2.24, 2.45) is 0 Å². The van der Waals surface area contributed by atoms with E-state index < -0.39 is 0 Å². The van der Waals surface area contributed by atoms with Gasteiger partial charge in [-0.2, -0.15) is 0 Å². The zero-order valence-corrected chi connectivity index (χ0v) is 10.5. The van der Waals surface area contributed by atoms with Gasteiger partial charge in [0.05, 0.1) is 24.9 Å². The largest absolute Gasteiger partial charge is 0.492 e. The van der Waals surface area contributed by atoms with E-state index in [1.165, 1.54) is 0 Å². The molecule has 3 aromatic rings. The molecule has 0 atom stereocenters. The van der Waals surface area contributed by atoms with Gasteiger partial charge in [-0.3, -0.25) is 0 Å². The molecule has 0 aliphatic rings. The topological polar surface area (TPSA) is 79.1 Å². The Morgan fingerprint density at radius 3 is 3.00 bits per heavy atom. The van der Waals surface area contributed by atoms with Gasteiger partial charge in [-0.1, -0.05) is 11.2 Å².